The monoisotopic (exact) mass is 487 g/mol. The lowest BCUT2D eigenvalue weighted by Gasteiger charge is -2.27. The molecule has 0 bridgehead atoms. The molecule has 0 radical (unpaired) electrons. The quantitative estimate of drug-likeness (QED) is 0.484. The summed E-state index contributed by atoms with van der Waals surface area (Å²) in [5.74, 6) is 0.0134. The second-order valence-corrected chi connectivity index (χ2v) is 7.87. The van der Waals surface area contributed by atoms with Gasteiger partial charge in [-0.3, -0.25) is 9.59 Å². The Hall–Kier alpha value is -3.50. The molecule has 0 aromatic heterocycles. The zero-order valence-electron chi connectivity index (χ0n) is 20.3. The molecule has 0 N–H and O–H groups in total. The van der Waals surface area contributed by atoms with Crippen LogP contribution in [0.1, 0.15) is 23.6 Å². The van der Waals surface area contributed by atoms with E-state index in [0.717, 1.165) is 5.56 Å². The average molecular weight is 488 g/mol. The second-order valence-electron chi connectivity index (χ2n) is 7.87. The molecule has 10 heteroatoms. The van der Waals surface area contributed by atoms with E-state index in [0.29, 0.717) is 29.2 Å². The van der Waals surface area contributed by atoms with Crippen LogP contribution in [0, 0.1) is 5.82 Å². The Bertz CT molecular complexity index is 1060. The number of carbonyl (C=O) groups is 2. The van der Waals surface area contributed by atoms with Crippen LogP contribution in [0.3, 0.4) is 0 Å². The number of halogens is 1. The Morgan fingerprint density at radius 3 is 2.37 bits per heavy atom. The first-order valence-corrected chi connectivity index (χ1v) is 11.0. The van der Waals surface area contributed by atoms with Gasteiger partial charge in [0.2, 0.25) is 5.91 Å². The molecule has 2 aromatic rings. The van der Waals surface area contributed by atoms with E-state index in [9.17, 15) is 14.0 Å². The zero-order valence-corrected chi connectivity index (χ0v) is 20.3. The maximum Gasteiger partial charge on any atom is 0.262 e. The van der Waals surface area contributed by atoms with Crippen molar-refractivity contribution >= 4 is 17.5 Å². The number of hydrogen-bond donors (Lipinski definition) is 0. The summed E-state index contributed by atoms with van der Waals surface area (Å²) in [5.41, 5.74) is 2.12. The topological polar surface area (TPSA) is 89.9 Å². The van der Waals surface area contributed by atoms with E-state index in [2.05, 4.69) is 5.10 Å². The van der Waals surface area contributed by atoms with Gasteiger partial charge in [-0.2, -0.15) is 5.10 Å². The molecule has 1 aliphatic heterocycles. The van der Waals surface area contributed by atoms with E-state index in [1.807, 2.05) is 6.07 Å². The van der Waals surface area contributed by atoms with Gasteiger partial charge in [0.1, 0.15) is 19.0 Å². The van der Waals surface area contributed by atoms with Gasteiger partial charge in [0.25, 0.3) is 5.91 Å². The molecule has 0 saturated carbocycles. The molecule has 1 aliphatic rings. The highest BCUT2D eigenvalue weighted by Gasteiger charge is 2.35. The van der Waals surface area contributed by atoms with Crippen molar-refractivity contribution < 1.29 is 32.9 Å². The number of ether oxygens (including phenoxy) is 4. The number of rotatable bonds is 11. The summed E-state index contributed by atoms with van der Waals surface area (Å²) < 4.78 is 34.3. The van der Waals surface area contributed by atoms with Crippen LogP contribution in [0.25, 0.3) is 0 Å². The van der Waals surface area contributed by atoms with Crippen LogP contribution in [0.5, 0.6) is 11.5 Å². The first-order chi connectivity index (χ1) is 16.9. The summed E-state index contributed by atoms with van der Waals surface area (Å²) in [6.07, 6.45) is 0.400. The third-order valence-corrected chi connectivity index (χ3v) is 5.65. The van der Waals surface area contributed by atoms with E-state index in [1.165, 1.54) is 43.4 Å². The molecule has 1 heterocycles. The molecule has 1 atom stereocenters. The third kappa shape index (κ3) is 6.34. The highest BCUT2D eigenvalue weighted by molar-refractivity contribution is 6.03. The molecule has 0 aliphatic carbocycles. The molecule has 2 amide bonds. The number of methoxy groups -OCH3 is 4. The van der Waals surface area contributed by atoms with Crippen LogP contribution in [0.15, 0.2) is 47.6 Å². The number of hydrazone groups is 1. The van der Waals surface area contributed by atoms with Gasteiger partial charge in [-0.05, 0) is 35.4 Å². The molecule has 2 aromatic carbocycles. The lowest BCUT2D eigenvalue weighted by Crippen LogP contribution is -2.44. The molecule has 0 saturated heterocycles. The molecule has 3 rings (SSSR count). The summed E-state index contributed by atoms with van der Waals surface area (Å²) in [5, 5.41) is 5.96. The van der Waals surface area contributed by atoms with E-state index < -0.39 is 6.04 Å². The molecule has 0 spiro atoms. The van der Waals surface area contributed by atoms with Gasteiger partial charge in [-0.15, -0.1) is 0 Å². The molecular formula is C25H30FN3O6. The van der Waals surface area contributed by atoms with Gasteiger partial charge in [0.15, 0.2) is 11.5 Å². The van der Waals surface area contributed by atoms with E-state index in [4.69, 9.17) is 18.9 Å². The fourth-order valence-corrected chi connectivity index (χ4v) is 3.82. The normalized spacial score (nSPS) is 15.1. The summed E-state index contributed by atoms with van der Waals surface area (Å²) >= 11 is 0. The Morgan fingerprint density at radius 1 is 1.03 bits per heavy atom. The highest BCUT2D eigenvalue weighted by atomic mass is 19.1. The Morgan fingerprint density at radius 2 is 1.74 bits per heavy atom. The van der Waals surface area contributed by atoms with E-state index >= 15 is 0 Å². The highest BCUT2D eigenvalue weighted by Crippen LogP contribution is 2.37. The van der Waals surface area contributed by atoms with Crippen molar-refractivity contribution in [1.82, 2.24) is 9.91 Å². The van der Waals surface area contributed by atoms with Crippen LogP contribution in [0.2, 0.25) is 0 Å². The van der Waals surface area contributed by atoms with Crippen LogP contribution in [-0.2, 0) is 19.1 Å². The molecule has 0 fully saturated rings. The average Bonchev–Trinajstić information content (AvgIpc) is 3.32. The van der Waals surface area contributed by atoms with Crippen molar-refractivity contribution in [3.8, 4) is 11.5 Å². The summed E-state index contributed by atoms with van der Waals surface area (Å²) in [6.45, 7) is 0.148. The SMILES string of the molecule is COCCN(CC(=O)N1N=C(c2ccc(F)cc2)C[C@@H]1c1ccc(OC)c(OC)c1)C(=O)COC. The Kier molecular flexibility index (Phi) is 9.16. The van der Waals surface area contributed by atoms with Crippen molar-refractivity contribution in [3.63, 3.8) is 0 Å². The smallest absolute Gasteiger partial charge is 0.262 e. The van der Waals surface area contributed by atoms with Crippen molar-refractivity contribution in [2.24, 2.45) is 5.10 Å². The zero-order chi connectivity index (χ0) is 25.4. The van der Waals surface area contributed by atoms with Gasteiger partial charge in [0.05, 0.1) is 32.6 Å². The van der Waals surface area contributed by atoms with Gasteiger partial charge >= 0.3 is 0 Å². The van der Waals surface area contributed by atoms with Gasteiger partial charge in [0, 0.05) is 27.2 Å². The Balaban J connectivity index is 1.94. The van der Waals surface area contributed by atoms with Crippen LogP contribution in [0.4, 0.5) is 4.39 Å². The molecule has 9 nitrogen and oxygen atoms in total. The molecule has 35 heavy (non-hydrogen) atoms. The lowest BCUT2D eigenvalue weighted by atomic mass is 9.98. The lowest BCUT2D eigenvalue weighted by molar-refractivity contribution is -0.144. The fourth-order valence-electron chi connectivity index (χ4n) is 3.82. The maximum atomic E-state index is 13.5. The van der Waals surface area contributed by atoms with Crippen molar-refractivity contribution in [2.45, 2.75) is 12.5 Å². The first kappa shape index (κ1) is 26.1. The molecular weight excluding hydrogens is 457 g/mol. The minimum absolute atomic E-state index is 0.153. The largest absolute Gasteiger partial charge is 0.493 e. The van der Waals surface area contributed by atoms with Crippen molar-refractivity contribution in [3.05, 3.63) is 59.4 Å². The second kappa shape index (κ2) is 12.3. The van der Waals surface area contributed by atoms with Crippen molar-refractivity contribution in [2.75, 3.05) is 54.7 Å². The number of hydrogen-bond acceptors (Lipinski definition) is 7. The molecule has 0 unspecified atom stereocenters. The minimum atomic E-state index is -0.454. The van der Waals surface area contributed by atoms with Crippen LogP contribution >= 0.6 is 0 Å². The summed E-state index contributed by atoms with van der Waals surface area (Å²) in [4.78, 5) is 27.3. The maximum absolute atomic E-state index is 13.5. The summed E-state index contributed by atoms with van der Waals surface area (Å²) in [6, 6.07) is 10.9. The van der Waals surface area contributed by atoms with E-state index in [1.54, 1.807) is 31.4 Å². The Labute approximate surface area is 204 Å². The van der Waals surface area contributed by atoms with E-state index in [-0.39, 0.29) is 43.9 Å². The van der Waals surface area contributed by atoms with Crippen LogP contribution < -0.4 is 9.47 Å². The molecule has 188 valence electrons. The minimum Gasteiger partial charge on any atom is -0.493 e. The van der Waals surface area contributed by atoms with Gasteiger partial charge in [-0.25, -0.2) is 9.40 Å². The predicted octanol–water partition coefficient (Wildman–Crippen LogP) is 2.64. The number of benzene rings is 2. The fraction of sp³-hybridized carbons (Fsp3) is 0.400. The summed E-state index contributed by atoms with van der Waals surface area (Å²) in [7, 11) is 6.02. The third-order valence-electron chi connectivity index (χ3n) is 5.65. The van der Waals surface area contributed by atoms with Gasteiger partial charge in [-0.1, -0.05) is 18.2 Å². The van der Waals surface area contributed by atoms with Gasteiger partial charge < -0.3 is 23.8 Å². The predicted molar refractivity (Wildman–Crippen MR) is 127 cm³/mol. The first-order valence-electron chi connectivity index (χ1n) is 11.0. The van der Waals surface area contributed by atoms with Crippen molar-refractivity contribution in [1.29, 1.82) is 0 Å². The number of nitrogens with zero attached hydrogens (tertiary/aromatic N) is 3. The standard InChI is InChI=1S/C25H30FN3O6/c1-32-12-11-28(25(31)16-33-2)15-24(30)29-21(18-7-10-22(34-3)23(13-18)35-4)14-20(27-29)17-5-8-19(26)9-6-17/h5-10,13,21H,11-12,14-16H2,1-4H3/t21-/m1/s1. The number of carbonyl (C=O) groups excluding carboxylic acids is 2. The number of amides is 2. The van der Waals surface area contributed by atoms with Crippen LogP contribution in [-0.4, -0.2) is 82.2 Å².